The number of para-hydroxylation sites is 1. The number of aromatic nitrogens is 4. The second kappa shape index (κ2) is 6.91. The van der Waals surface area contributed by atoms with Crippen molar-refractivity contribution in [2.24, 2.45) is 0 Å². The van der Waals surface area contributed by atoms with Crippen molar-refractivity contribution in [1.82, 2.24) is 24.4 Å². The SMILES string of the molecule is CN(Cc1cn(-c2ccccc2C(=O)O)cn1)C(=O)c1cnccn1. The first kappa shape index (κ1) is 16.3. The van der Waals surface area contributed by atoms with E-state index in [0.717, 1.165) is 0 Å². The van der Waals surface area contributed by atoms with Gasteiger partial charge in [0.2, 0.25) is 0 Å². The molecule has 0 aliphatic carbocycles. The summed E-state index contributed by atoms with van der Waals surface area (Å²) in [6.45, 7) is 0.262. The summed E-state index contributed by atoms with van der Waals surface area (Å²) >= 11 is 0. The molecule has 25 heavy (non-hydrogen) atoms. The Hall–Kier alpha value is -3.55. The molecule has 0 aliphatic heterocycles. The number of aromatic carboxylic acids is 1. The normalized spacial score (nSPS) is 10.4. The van der Waals surface area contributed by atoms with E-state index in [-0.39, 0.29) is 23.7 Å². The van der Waals surface area contributed by atoms with Crippen molar-refractivity contribution in [3.05, 3.63) is 72.3 Å². The van der Waals surface area contributed by atoms with Gasteiger partial charge in [0.25, 0.3) is 5.91 Å². The molecular formula is C17H15N5O3. The predicted octanol–water partition coefficient (Wildman–Crippen LogP) is 1.63. The van der Waals surface area contributed by atoms with Crippen LogP contribution in [0.15, 0.2) is 55.4 Å². The van der Waals surface area contributed by atoms with Crippen LogP contribution in [0.3, 0.4) is 0 Å². The van der Waals surface area contributed by atoms with Gasteiger partial charge in [-0.3, -0.25) is 9.78 Å². The Morgan fingerprint density at radius 3 is 2.72 bits per heavy atom. The summed E-state index contributed by atoms with van der Waals surface area (Å²) in [6.07, 6.45) is 7.58. The van der Waals surface area contributed by atoms with Gasteiger partial charge in [-0.15, -0.1) is 0 Å². The molecule has 2 heterocycles. The van der Waals surface area contributed by atoms with E-state index >= 15 is 0 Å². The zero-order valence-electron chi connectivity index (χ0n) is 13.4. The molecule has 0 unspecified atom stereocenters. The van der Waals surface area contributed by atoms with Gasteiger partial charge in [0, 0.05) is 25.6 Å². The number of nitrogens with zero attached hydrogens (tertiary/aromatic N) is 5. The first-order chi connectivity index (χ1) is 12.1. The lowest BCUT2D eigenvalue weighted by atomic mass is 10.2. The van der Waals surface area contributed by atoms with Crippen LogP contribution in [0.1, 0.15) is 26.5 Å². The number of carbonyl (C=O) groups is 2. The van der Waals surface area contributed by atoms with Gasteiger partial charge >= 0.3 is 5.97 Å². The van der Waals surface area contributed by atoms with Crippen LogP contribution >= 0.6 is 0 Å². The number of rotatable bonds is 5. The van der Waals surface area contributed by atoms with Crippen molar-refractivity contribution in [2.45, 2.75) is 6.54 Å². The molecule has 0 aliphatic rings. The van der Waals surface area contributed by atoms with Crippen molar-refractivity contribution in [1.29, 1.82) is 0 Å². The summed E-state index contributed by atoms with van der Waals surface area (Å²) in [5.41, 5.74) is 1.56. The minimum atomic E-state index is -1.01. The van der Waals surface area contributed by atoms with Crippen molar-refractivity contribution in [3.63, 3.8) is 0 Å². The Morgan fingerprint density at radius 2 is 2.00 bits per heavy atom. The molecule has 0 atom stereocenters. The lowest BCUT2D eigenvalue weighted by Gasteiger charge is -2.14. The Morgan fingerprint density at radius 1 is 1.20 bits per heavy atom. The summed E-state index contributed by atoms with van der Waals surface area (Å²) in [5, 5.41) is 9.28. The zero-order valence-corrected chi connectivity index (χ0v) is 13.4. The number of benzene rings is 1. The highest BCUT2D eigenvalue weighted by Gasteiger charge is 2.16. The summed E-state index contributed by atoms with van der Waals surface area (Å²) in [5.74, 6) is -1.28. The van der Waals surface area contributed by atoms with Gasteiger partial charge in [-0.05, 0) is 12.1 Å². The van der Waals surface area contributed by atoms with Gasteiger partial charge in [0.1, 0.15) is 5.69 Å². The third-order valence-corrected chi connectivity index (χ3v) is 3.58. The average Bonchev–Trinajstić information content (AvgIpc) is 3.10. The lowest BCUT2D eigenvalue weighted by Crippen LogP contribution is -2.27. The molecule has 0 spiro atoms. The van der Waals surface area contributed by atoms with Crippen LogP contribution in [-0.2, 0) is 6.54 Å². The molecule has 8 nitrogen and oxygen atoms in total. The van der Waals surface area contributed by atoms with Crippen molar-refractivity contribution < 1.29 is 14.7 Å². The van der Waals surface area contributed by atoms with Crippen molar-refractivity contribution in [3.8, 4) is 5.69 Å². The van der Waals surface area contributed by atoms with Gasteiger partial charge in [-0.2, -0.15) is 0 Å². The van der Waals surface area contributed by atoms with E-state index < -0.39 is 5.97 Å². The molecule has 0 bridgehead atoms. The third-order valence-electron chi connectivity index (χ3n) is 3.58. The Bertz CT molecular complexity index is 907. The largest absolute Gasteiger partial charge is 0.478 e. The highest BCUT2D eigenvalue weighted by Crippen LogP contribution is 2.15. The number of carboxylic acids is 1. The molecule has 8 heteroatoms. The number of amides is 1. The Labute approximate surface area is 143 Å². The molecule has 2 aromatic heterocycles. The molecular weight excluding hydrogens is 322 g/mol. The summed E-state index contributed by atoms with van der Waals surface area (Å²) < 4.78 is 1.62. The monoisotopic (exact) mass is 337 g/mol. The minimum absolute atomic E-state index is 0.176. The van der Waals surface area contributed by atoms with Crippen LogP contribution in [0, 0.1) is 0 Å². The third kappa shape index (κ3) is 3.52. The number of carboxylic acid groups (broad SMARTS) is 1. The number of imidazole rings is 1. The number of hydrogen-bond donors (Lipinski definition) is 1. The van der Waals surface area contributed by atoms with Gasteiger partial charge in [-0.1, -0.05) is 12.1 Å². The predicted molar refractivity (Wildman–Crippen MR) is 88.4 cm³/mol. The van der Waals surface area contributed by atoms with Crippen LogP contribution < -0.4 is 0 Å². The Balaban J connectivity index is 1.79. The highest BCUT2D eigenvalue weighted by molar-refractivity contribution is 5.92. The van der Waals surface area contributed by atoms with Crippen LogP contribution in [0.4, 0.5) is 0 Å². The van der Waals surface area contributed by atoms with E-state index in [9.17, 15) is 14.7 Å². The maximum absolute atomic E-state index is 12.3. The fraction of sp³-hybridized carbons (Fsp3) is 0.118. The van der Waals surface area contributed by atoms with Crippen molar-refractivity contribution >= 4 is 11.9 Å². The topological polar surface area (TPSA) is 101 Å². The van der Waals surface area contributed by atoms with E-state index in [4.69, 9.17) is 0 Å². The molecule has 0 saturated heterocycles. The Kier molecular flexibility index (Phi) is 4.51. The zero-order chi connectivity index (χ0) is 17.8. The molecule has 3 aromatic rings. The van der Waals surface area contributed by atoms with Gasteiger partial charge in [-0.25, -0.2) is 14.8 Å². The standard InChI is InChI=1S/C17H15N5O3/c1-21(16(23)14-8-18-6-7-19-14)9-12-10-22(11-20-12)15-5-3-2-4-13(15)17(24)25/h2-8,10-11H,9H2,1H3,(H,24,25). The van der Waals surface area contributed by atoms with E-state index in [2.05, 4.69) is 15.0 Å². The van der Waals surface area contributed by atoms with Gasteiger partial charge in [0.15, 0.2) is 0 Å². The average molecular weight is 337 g/mol. The quantitative estimate of drug-likeness (QED) is 0.759. The highest BCUT2D eigenvalue weighted by atomic mass is 16.4. The molecule has 126 valence electrons. The van der Waals surface area contributed by atoms with Crippen LogP contribution in [0.5, 0.6) is 0 Å². The molecule has 1 aromatic carbocycles. The molecule has 0 radical (unpaired) electrons. The molecule has 0 saturated carbocycles. The smallest absolute Gasteiger partial charge is 0.337 e. The number of hydrogen-bond acceptors (Lipinski definition) is 5. The van der Waals surface area contributed by atoms with E-state index in [1.807, 2.05) is 0 Å². The van der Waals surface area contributed by atoms with Crippen LogP contribution in [0.2, 0.25) is 0 Å². The molecule has 1 N–H and O–H groups in total. The van der Waals surface area contributed by atoms with Gasteiger partial charge in [0.05, 0.1) is 36.0 Å². The minimum Gasteiger partial charge on any atom is -0.478 e. The second-order valence-corrected chi connectivity index (χ2v) is 5.35. The van der Waals surface area contributed by atoms with Crippen LogP contribution in [-0.4, -0.2) is 48.4 Å². The van der Waals surface area contributed by atoms with E-state index in [0.29, 0.717) is 11.4 Å². The fourth-order valence-electron chi connectivity index (χ4n) is 2.38. The van der Waals surface area contributed by atoms with Crippen molar-refractivity contribution in [2.75, 3.05) is 7.05 Å². The first-order valence-electron chi connectivity index (χ1n) is 7.43. The maximum atomic E-state index is 12.3. The van der Waals surface area contributed by atoms with E-state index in [1.165, 1.54) is 35.9 Å². The summed E-state index contributed by atoms with van der Waals surface area (Å²) in [4.78, 5) is 37.2. The molecule has 3 rings (SSSR count). The summed E-state index contributed by atoms with van der Waals surface area (Å²) in [6, 6.07) is 6.65. The maximum Gasteiger partial charge on any atom is 0.337 e. The second-order valence-electron chi connectivity index (χ2n) is 5.35. The van der Waals surface area contributed by atoms with E-state index in [1.54, 1.807) is 36.0 Å². The molecule has 1 amide bonds. The van der Waals surface area contributed by atoms with Gasteiger partial charge < -0.3 is 14.6 Å². The fourth-order valence-corrected chi connectivity index (χ4v) is 2.38. The lowest BCUT2D eigenvalue weighted by molar-refractivity contribution is 0.0696. The number of carbonyl (C=O) groups excluding carboxylic acids is 1. The van der Waals surface area contributed by atoms with Crippen LogP contribution in [0.25, 0.3) is 5.69 Å². The summed E-state index contributed by atoms with van der Waals surface area (Å²) in [7, 11) is 1.64. The molecule has 0 fully saturated rings. The first-order valence-corrected chi connectivity index (χ1v) is 7.43.